The number of hydrogen-bond acceptors (Lipinski definition) is 2. The van der Waals surface area contributed by atoms with Gasteiger partial charge in [-0.25, -0.2) is 0 Å². The third-order valence-electron chi connectivity index (χ3n) is 3.65. The molecule has 1 heterocycles. The van der Waals surface area contributed by atoms with Gasteiger partial charge in [0, 0.05) is 26.9 Å². The Labute approximate surface area is 135 Å². The van der Waals surface area contributed by atoms with Crippen molar-refractivity contribution < 1.29 is 0 Å². The van der Waals surface area contributed by atoms with E-state index in [1.54, 1.807) is 0 Å². The van der Waals surface area contributed by atoms with Gasteiger partial charge >= 0.3 is 0 Å². The summed E-state index contributed by atoms with van der Waals surface area (Å²) < 4.78 is 1.21. The second-order valence-electron chi connectivity index (χ2n) is 5.24. The van der Waals surface area contributed by atoms with Crippen molar-refractivity contribution in [2.45, 2.75) is 38.6 Å². The number of benzene rings is 1. The topological polar surface area (TPSA) is 15.3 Å². The molecule has 4 heteroatoms. The second-order valence-corrected chi connectivity index (χ2v) is 6.84. The molecule has 1 N–H and O–H groups in total. The Morgan fingerprint density at radius 3 is 2.95 bits per heavy atom. The monoisotopic (exact) mass is 392 g/mol. The highest BCUT2D eigenvalue weighted by Crippen LogP contribution is 2.25. The molecular formula is C15H22ClIN2. The third-order valence-corrected chi connectivity index (χ3v) is 4.78. The van der Waals surface area contributed by atoms with E-state index in [1.165, 1.54) is 54.6 Å². The summed E-state index contributed by atoms with van der Waals surface area (Å²) in [6.45, 7) is 5.97. The van der Waals surface area contributed by atoms with Crippen molar-refractivity contribution in [3.8, 4) is 0 Å². The Morgan fingerprint density at radius 1 is 1.37 bits per heavy atom. The van der Waals surface area contributed by atoms with Gasteiger partial charge < -0.3 is 10.2 Å². The van der Waals surface area contributed by atoms with E-state index in [0.29, 0.717) is 6.04 Å². The Bertz CT molecular complexity index is 411. The molecule has 1 aromatic carbocycles. The summed E-state index contributed by atoms with van der Waals surface area (Å²) in [6.07, 6.45) is 5.05. The molecule has 2 nitrogen and oxygen atoms in total. The lowest BCUT2D eigenvalue weighted by molar-refractivity contribution is 0.285. The molecule has 1 saturated heterocycles. The van der Waals surface area contributed by atoms with Crippen LogP contribution in [0.4, 0.5) is 5.69 Å². The van der Waals surface area contributed by atoms with E-state index < -0.39 is 0 Å². The summed E-state index contributed by atoms with van der Waals surface area (Å²) in [4.78, 5) is 2.59. The highest BCUT2D eigenvalue weighted by molar-refractivity contribution is 14.1. The Balaban J connectivity index is 1.92. The van der Waals surface area contributed by atoms with E-state index in [4.69, 9.17) is 11.6 Å². The lowest BCUT2D eigenvalue weighted by Crippen LogP contribution is -2.27. The average molecular weight is 393 g/mol. The van der Waals surface area contributed by atoms with E-state index in [0.717, 1.165) is 5.02 Å². The van der Waals surface area contributed by atoms with Crippen molar-refractivity contribution in [2.75, 3.05) is 25.0 Å². The molecule has 1 aromatic rings. The predicted molar refractivity (Wildman–Crippen MR) is 92.2 cm³/mol. The molecule has 0 radical (unpaired) electrons. The van der Waals surface area contributed by atoms with Crippen LogP contribution in [-0.2, 0) is 0 Å². The normalized spacial score (nSPS) is 21.1. The van der Waals surface area contributed by atoms with Crippen LogP contribution >= 0.6 is 34.2 Å². The molecule has 0 amide bonds. The number of nitrogens with one attached hydrogen (secondary N) is 1. The van der Waals surface area contributed by atoms with Crippen LogP contribution in [0.3, 0.4) is 0 Å². The zero-order valence-electron chi connectivity index (χ0n) is 11.5. The maximum Gasteiger partial charge on any atom is 0.0479 e. The van der Waals surface area contributed by atoms with Crippen LogP contribution in [0.1, 0.15) is 32.6 Å². The summed E-state index contributed by atoms with van der Waals surface area (Å²) in [5.74, 6) is 0. The smallest absolute Gasteiger partial charge is 0.0479 e. The van der Waals surface area contributed by atoms with E-state index in [2.05, 4.69) is 45.8 Å². The van der Waals surface area contributed by atoms with E-state index in [9.17, 15) is 0 Å². The van der Waals surface area contributed by atoms with E-state index >= 15 is 0 Å². The fourth-order valence-corrected chi connectivity index (χ4v) is 3.69. The lowest BCUT2D eigenvalue weighted by atomic mass is 10.1. The predicted octanol–water partition coefficient (Wildman–Crippen LogP) is 4.62. The summed E-state index contributed by atoms with van der Waals surface area (Å²) in [6, 6.07) is 6.67. The minimum Gasteiger partial charge on any atom is -0.381 e. The Morgan fingerprint density at radius 2 is 2.21 bits per heavy atom. The molecule has 0 saturated carbocycles. The molecule has 1 unspecified atom stereocenters. The first-order valence-electron chi connectivity index (χ1n) is 7.13. The van der Waals surface area contributed by atoms with Gasteiger partial charge in [0.1, 0.15) is 0 Å². The third kappa shape index (κ3) is 4.80. The molecule has 1 fully saturated rings. The molecule has 19 heavy (non-hydrogen) atoms. The lowest BCUT2D eigenvalue weighted by Gasteiger charge is -2.20. The van der Waals surface area contributed by atoms with Crippen molar-refractivity contribution in [1.82, 2.24) is 4.90 Å². The number of likely N-dealkylation sites (tertiary alicyclic amines) is 1. The first kappa shape index (κ1) is 15.4. The number of halogens is 2. The van der Waals surface area contributed by atoms with E-state index in [1.807, 2.05) is 12.1 Å². The van der Waals surface area contributed by atoms with Gasteiger partial charge in [0.2, 0.25) is 0 Å². The highest BCUT2D eigenvalue weighted by atomic mass is 127. The standard InChI is InChI=1S/C15H22ClIN2/c1-2-8-19-9-3-4-13(7-10-19)18-15-6-5-12(16)11-14(15)17/h5-6,11,13,18H,2-4,7-10H2,1H3. The van der Waals surface area contributed by atoms with Gasteiger partial charge in [-0.15, -0.1) is 0 Å². The Kier molecular flexibility index (Phi) is 6.23. The molecule has 1 aliphatic rings. The van der Waals surface area contributed by atoms with Crippen LogP contribution in [0.25, 0.3) is 0 Å². The largest absolute Gasteiger partial charge is 0.381 e. The van der Waals surface area contributed by atoms with Gasteiger partial charge in [-0.3, -0.25) is 0 Å². The first-order valence-corrected chi connectivity index (χ1v) is 8.58. The number of rotatable bonds is 4. The summed E-state index contributed by atoms with van der Waals surface area (Å²) in [5.41, 5.74) is 1.22. The van der Waals surface area contributed by atoms with Crippen LogP contribution in [0.2, 0.25) is 5.02 Å². The molecule has 0 bridgehead atoms. The van der Waals surface area contributed by atoms with Gasteiger partial charge in [-0.1, -0.05) is 18.5 Å². The fourth-order valence-electron chi connectivity index (χ4n) is 2.67. The fraction of sp³-hybridized carbons (Fsp3) is 0.600. The molecule has 1 atom stereocenters. The van der Waals surface area contributed by atoms with Crippen LogP contribution < -0.4 is 5.32 Å². The zero-order valence-corrected chi connectivity index (χ0v) is 14.4. The van der Waals surface area contributed by atoms with E-state index in [-0.39, 0.29) is 0 Å². The van der Waals surface area contributed by atoms with Crippen molar-refractivity contribution >= 4 is 39.9 Å². The molecule has 106 valence electrons. The van der Waals surface area contributed by atoms with Gasteiger partial charge in [0.05, 0.1) is 0 Å². The van der Waals surface area contributed by atoms with Crippen molar-refractivity contribution in [1.29, 1.82) is 0 Å². The number of anilines is 1. The number of hydrogen-bond donors (Lipinski definition) is 1. The highest BCUT2D eigenvalue weighted by Gasteiger charge is 2.16. The van der Waals surface area contributed by atoms with Crippen LogP contribution in [0.15, 0.2) is 18.2 Å². The summed E-state index contributed by atoms with van der Waals surface area (Å²) >= 11 is 8.35. The molecule has 0 aliphatic carbocycles. The van der Waals surface area contributed by atoms with Gasteiger partial charge in [-0.05, 0) is 79.6 Å². The molecule has 1 aliphatic heterocycles. The minimum atomic E-state index is 0.594. The molecule has 0 aromatic heterocycles. The van der Waals surface area contributed by atoms with Gasteiger partial charge in [0.25, 0.3) is 0 Å². The maximum atomic E-state index is 6.00. The molecule has 0 spiro atoms. The van der Waals surface area contributed by atoms with Gasteiger partial charge in [0.15, 0.2) is 0 Å². The second kappa shape index (κ2) is 7.70. The van der Waals surface area contributed by atoms with Crippen LogP contribution in [0, 0.1) is 3.57 Å². The van der Waals surface area contributed by atoms with Crippen molar-refractivity contribution in [3.63, 3.8) is 0 Å². The first-order chi connectivity index (χ1) is 9.19. The van der Waals surface area contributed by atoms with Crippen molar-refractivity contribution in [3.05, 3.63) is 26.8 Å². The summed E-state index contributed by atoms with van der Waals surface area (Å²) in [5, 5.41) is 4.50. The van der Waals surface area contributed by atoms with Crippen LogP contribution in [0.5, 0.6) is 0 Å². The summed E-state index contributed by atoms with van der Waals surface area (Å²) in [7, 11) is 0. The quantitative estimate of drug-likeness (QED) is 0.752. The van der Waals surface area contributed by atoms with Gasteiger partial charge in [-0.2, -0.15) is 0 Å². The van der Waals surface area contributed by atoms with Crippen LogP contribution in [-0.4, -0.2) is 30.6 Å². The van der Waals surface area contributed by atoms with Crippen molar-refractivity contribution in [2.24, 2.45) is 0 Å². The maximum absolute atomic E-state index is 6.00. The zero-order chi connectivity index (χ0) is 13.7. The Hall–Kier alpha value is -0.000000000000000111. The molecular weight excluding hydrogens is 371 g/mol. The minimum absolute atomic E-state index is 0.594. The molecule has 2 rings (SSSR count). The number of nitrogens with zero attached hydrogens (tertiary/aromatic N) is 1. The average Bonchev–Trinajstić information content (AvgIpc) is 2.59. The SMILES string of the molecule is CCCN1CCCC(Nc2ccc(Cl)cc2I)CC1.